The predicted octanol–water partition coefficient (Wildman–Crippen LogP) is 3.19. The van der Waals surface area contributed by atoms with Crippen LogP contribution in [0.4, 0.5) is 5.69 Å². The van der Waals surface area contributed by atoms with Crippen molar-refractivity contribution in [2.24, 2.45) is 0 Å². The number of hydrogen-bond donors (Lipinski definition) is 2. The number of nitrogens with one attached hydrogen (secondary N) is 2. The van der Waals surface area contributed by atoms with E-state index >= 15 is 0 Å². The molecular weight excluding hydrogens is 320 g/mol. The molecule has 0 spiro atoms. The number of carbonyl (C=O) groups excluding carboxylic acids is 2. The summed E-state index contributed by atoms with van der Waals surface area (Å²) in [4.78, 5) is 25.3. The van der Waals surface area contributed by atoms with E-state index in [1.807, 2.05) is 36.4 Å². The Hall–Kier alpha value is -1.85. The second-order valence-electron chi connectivity index (χ2n) is 5.14. The first kappa shape index (κ1) is 15.1. The zero-order chi connectivity index (χ0) is 15.5. The normalized spacial score (nSPS) is 16.8. The van der Waals surface area contributed by atoms with E-state index in [1.165, 1.54) is 11.3 Å². The van der Waals surface area contributed by atoms with Crippen LogP contribution in [0.15, 0.2) is 36.4 Å². The van der Waals surface area contributed by atoms with Gasteiger partial charge in [-0.2, -0.15) is 0 Å². The molecule has 6 heteroatoms. The molecule has 0 bridgehead atoms. The fourth-order valence-electron chi connectivity index (χ4n) is 2.56. The number of carbonyl (C=O) groups is 2. The van der Waals surface area contributed by atoms with Crippen molar-refractivity contribution >= 4 is 40.4 Å². The number of halogens is 1. The highest BCUT2D eigenvalue weighted by atomic mass is 35.5. The van der Waals surface area contributed by atoms with Crippen molar-refractivity contribution in [3.63, 3.8) is 0 Å². The average molecular weight is 335 g/mol. The van der Waals surface area contributed by atoms with Crippen LogP contribution in [0.2, 0.25) is 4.34 Å². The van der Waals surface area contributed by atoms with Crippen molar-refractivity contribution < 1.29 is 9.59 Å². The Labute approximate surface area is 137 Å². The number of rotatable bonds is 4. The molecule has 0 unspecified atom stereocenters. The Balaban J connectivity index is 1.63. The van der Waals surface area contributed by atoms with E-state index < -0.39 is 5.92 Å². The number of benzene rings is 1. The lowest BCUT2D eigenvalue weighted by Crippen LogP contribution is -2.35. The molecule has 2 N–H and O–H groups in total. The van der Waals surface area contributed by atoms with Crippen LogP contribution in [-0.4, -0.2) is 18.4 Å². The van der Waals surface area contributed by atoms with Crippen LogP contribution < -0.4 is 10.6 Å². The van der Waals surface area contributed by atoms with Gasteiger partial charge in [0, 0.05) is 23.5 Å². The molecular formula is C16H15ClN2O2S. The van der Waals surface area contributed by atoms with Gasteiger partial charge in [0.05, 0.1) is 10.3 Å². The molecule has 0 fully saturated rings. The smallest absolute Gasteiger partial charge is 0.228 e. The molecule has 1 aromatic carbocycles. The summed E-state index contributed by atoms with van der Waals surface area (Å²) in [6, 6.07) is 11.2. The standard InChI is InChI=1S/C16H15ClN2O2S/c17-14-6-5-10(22-14)7-8-18-16(21)12-9-15(20)19-13-4-2-1-3-11(12)13/h1-6,12H,7-9H2,(H,18,21)(H,19,20)/t12-/m0/s1. The topological polar surface area (TPSA) is 58.2 Å². The van der Waals surface area contributed by atoms with E-state index in [9.17, 15) is 9.59 Å². The summed E-state index contributed by atoms with van der Waals surface area (Å²) in [5.74, 6) is -0.647. The minimum Gasteiger partial charge on any atom is -0.355 e. The number of anilines is 1. The summed E-state index contributed by atoms with van der Waals surface area (Å²) in [6.45, 7) is 0.538. The minimum absolute atomic E-state index is 0.107. The molecule has 2 amide bonds. The van der Waals surface area contributed by atoms with Crippen LogP contribution in [-0.2, 0) is 16.0 Å². The summed E-state index contributed by atoms with van der Waals surface area (Å²) in [5.41, 5.74) is 1.60. The molecule has 0 saturated carbocycles. The molecule has 114 valence electrons. The third kappa shape index (κ3) is 3.31. The average Bonchev–Trinajstić information content (AvgIpc) is 2.91. The summed E-state index contributed by atoms with van der Waals surface area (Å²) in [7, 11) is 0. The van der Waals surface area contributed by atoms with Crippen molar-refractivity contribution in [1.29, 1.82) is 0 Å². The highest BCUT2D eigenvalue weighted by Gasteiger charge is 2.30. The Morgan fingerprint density at radius 2 is 2.14 bits per heavy atom. The number of amides is 2. The first-order valence-electron chi connectivity index (χ1n) is 7.04. The van der Waals surface area contributed by atoms with E-state index in [0.717, 1.165) is 26.9 Å². The van der Waals surface area contributed by atoms with Gasteiger partial charge in [0.1, 0.15) is 0 Å². The first-order chi connectivity index (χ1) is 10.6. The lowest BCUT2D eigenvalue weighted by molar-refractivity contribution is -0.126. The van der Waals surface area contributed by atoms with Gasteiger partial charge in [-0.25, -0.2) is 0 Å². The summed E-state index contributed by atoms with van der Waals surface area (Å²) < 4.78 is 0.749. The van der Waals surface area contributed by atoms with Gasteiger partial charge in [-0.1, -0.05) is 29.8 Å². The molecule has 0 radical (unpaired) electrons. The molecule has 22 heavy (non-hydrogen) atoms. The van der Waals surface area contributed by atoms with Gasteiger partial charge < -0.3 is 10.6 Å². The highest BCUT2D eigenvalue weighted by Crippen LogP contribution is 2.32. The number of hydrogen-bond acceptors (Lipinski definition) is 3. The maximum absolute atomic E-state index is 12.4. The quantitative estimate of drug-likeness (QED) is 0.902. The largest absolute Gasteiger partial charge is 0.355 e. The maximum Gasteiger partial charge on any atom is 0.228 e. The molecule has 2 aromatic rings. The van der Waals surface area contributed by atoms with Crippen molar-refractivity contribution in [3.8, 4) is 0 Å². The second kappa shape index (κ2) is 6.50. The SMILES string of the molecule is O=C1C[C@H](C(=O)NCCc2ccc(Cl)s2)c2ccccc2N1. The van der Waals surface area contributed by atoms with E-state index in [4.69, 9.17) is 11.6 Å². The van der Waals surface area contributed by atoms with E-state index in [2.05, 4.69) is 10.6 Å². The molecule has 0 saturated heterocycles. The van der Waals surface area contributed by atoms with Gasteiger partial charge in [0.2, 0.25) is 11.8 Å². The molecule has 1 aliphatic heterocycles. The summed E-state index contributed by atoms with van der Waals surface area (Å²) in [6.07, 6.45) is 0.928. The van der Waals surface area contributed by atoms with Crippen molar-refractivity contribution in [2.75, 3.05) is 11.9 Å². The van der Waals surface area contributed by atoms with Crippen molar-refractivity contribution in [1.82, 2.24) is 5.32 Å². The van der Waals surface area contributed by atoms with E-state index in [1.54, 1.807) is 0 Å². The monoisotopic (exact) mass is 334 g/mol. The third-order valence-corrected chi connectivity index (χ3v) is 4.91. The molecule has 2 heterocycles. The second-order valence-corrected chi connectivity index (χ2v) is 6.94. The number of para-hydroxylation sites is 1. The van der Waals surface area contributed by atoms with Crippen LogP contribution >= 0.6 is 22.9 Å². The minimum atomic E-state index is -0.420. The first-order valence-corrected chi connectivity index (χ1v) is 8.23. The molecule has 0 aliphatic carbocycles. The van der Waals surface area contributed by atoms with Crippen LogP contribution in [0.3, 0.4) is 0 Å². The third-order valence-electron chi connectivity index (χ3n) is 3.62. The Morgan fingerprint density at radius 3 is 2.91 bits per heavy atom. The lowest BCUT2D eigenvalue weighted by Gasteiger charge is -2.24. The number of thiophene rings is 1. The van der Waals surface area contributed by atoms with Gasteiger partial charge in [-0.05, 0) is 30.2 Å². The molecule has 1 atom stereocenters. The molecule has 3 rings (SSSR count). The van der Waals surface area contributed by atoms with Gasteiger partial charge in [-0.3, -0.25) is 9.59 Å². The number of fused-ring (bicyclic) bond motifs is 1. The molecule has 1 aromatic heterocycles. The van der Waals surface area contributed by atoms with Crippen molar-refractivity contribution in [3.05, 3.63) is 51.2 Å². The maximum atomic E-state index is 12.4. The Morgan fingerprint density at radius 1 is 1.32 bits per heavy atom. The predicted molar refractivity (Wildman–Crippen MR) is 88.5 cm³/mol. The summed E-state index contributed by atoms with van der Waals surface area (Å²) in [5, 5.41) is 5.71. The fraction of sp³-hybridized carbons (Fsp3) is 0.250. The lowest BCUT2D eigenvalue weighted by atomic mass is 9.90. The van der Waals surface area contributed by atoms with Crippen molar-refractivity contribution in [2.45, 2.75) is 18.8 Å². The van der Waals surface area contributed by atoms with Gasteiger partial charge >= 0.3 is 0 Å². The Kier molecular flexibility index (Phi) is 4.45. The van der Waals surface area contributed by atoms with Gasteiger partial charge in [0.25, 0.3) is 0 Å². The van der Waals surface area contributed by atoms with E-state index in [-0.39, 0.29) is 18.2 Å². The van der Waals surface area contributed by atoms with Crippen LogP contribution in [0.5, 0.6) is 0 Å². The zero-order valence-corrected chi connectivity index (χ0v) is 13.3. The molecule has 1 aliphatic rings. The van der Waals surface area contributed by atoms with Crippen LogP contribution in [0.25, 0.3) is 0 Å². The fourth-order valence-corrected chi connectivity index (χ4v) is 3.65. The summed E-state index contributed by atoms with van der Waals surface area (Å²) >= 11 is 7.40. The molecule has 4 nitrogen and oxygen atoms in total. The van der Waals surface area contributed by atoms with Gasteiger partial charge in [-0.15, -0.1) is 11.3 Å². The van der Waals surface area contributed by atoms with Crippen LogP contribution in [0, 0.1) is 0 Å². The van der Waals surface area contributed by atoms with E-state index in [0.29, 0.717) is 6.54 Å². The van der Waals surface area contributed by atoms with Gasteiger partial charge in [0.15, 0.2) is 0 Å². The Bertz CT molecular complexity index is 714. The highest BCUT2D eigenvalue weighted by molar-refractivity contribution is 7.16. The van der Waals surface area contributed by atoms with Crippen LogP contribution in [0.1, 0.15) is 22.8 Å². The zero-order valence-electron chi connectivity index (χ0n) is 11.8.